The van der Waals surface area contributed by atoms with Gasteiger partial charge < -0.3 is 36.6 Å². The van der Waals surface area contributed by atoms with Crippen LogP contribution in [-0.4, -0.2) is 81.9 Å². The summed E-state index contributed by atoms with van der Waals surface area (Å²) in [6, 6.07) is 5.30. The van der Waals surface area contributed by atoms with Gasteiger partial charge >= 0.3 is 6.09 Å². The Balaban J connectivity index is 2.38. The lowest BCUT2D eigenvalue weighted by Crippen LogP contribution is -2.56. The third-order valence-corrected chi connectivity index (χ3v) is 10.1. The Labute approximate surface area is 277 Å². The van der Waals surface area contributed by atoms with Gasteiger partial charge in [0.25, 0.3) is 7.52 Å². The maximum Gasteiger partial charge on any atom is 0.408 e. The highest BCUT2D eigenvalue weighted by Crippen LogP contribution is 2.54. The minimum atomic E-state index is -4.56. The molecule has 0 aliphatic carbocycles. The van der Waals surface area contributed by atoms with Crippen LogP contribution in [0.25, 0.3) is 0 Å². The van der Waals surface area contributed by atoms with Crippen molar-refractivity contribution >= 4 is 37.2 Å². The van der Waals surface area contributed by atoms with Crippen molar-refractivity contribution in [3.63, 3.8) is 0 Å². The Morgan fingerprint density at radius 2 is 1.68 bits per heavy atom. The zero-order valence-electron chi connectivity index (χ0n) is 28.6. The minimum Gasteiger partial charge on any atom is -0.444 e. The Kier molecular flexibility index (Phi) is 14.9. The summed E-state index contributed by atoms with van der Waals surface area (Å²) in [5.41, 5.74) is 5.08. The maximum atomic E-state index is 14.4. The number of hydrogen-bond donors (Lipinski definition) is 6. The number of nitrogens with one attached hydrogen (secondary N) is 4. The molecule has 15 heteroatoms. The van der Waals surface area contributed by atoms with Crippen LogP contribution < -0.4 is 27.0 Å². The van der Waals surface area contributed by atoms with E-state index in [4.69, 9.17) is 10.5 Å². The number of rotatable bonds is 16. The molecule has 0 spiro atoms. The Hall–Kier alpha value is -3.48. The molecule has 0 aromatic heterocycles. The van der Waals surface area contributed by atoms with Crippen molar-refractivity contribution in [2.45, 2.75) is 110 Å². The van der Waals surface area contributed by atoms with Gasteiger partial charge in [0, 0.05) is 19.5 Å². The maximum absolute atomic E-state index is 14.4. The third-order valence-electron chi connectivity index (χ3n) is 7.77. The van der Waals surface area contributed by atoms with Crippen LogP contribution in [0.15, 0.2) is 30.3 Å². The molecule has 14 nitrogen and oxygen atoms in total. The van der Waals surface area contributed by atoms with Crippen LogP contribution in [0.3, 0.4) is 0 Å². The van der Waals surface area contributed by atoms with E-state index < -0.39 is 67.3 Å². The van der Waals surface area contributed by atoms with Gasteiger partial charge in [-0.3, -0.25) is 23.7 Å². The number of carbonyl (C=O) groups is 5. The van der Waals surface area contributed by atoms with Crippen LogP contribution in [0.2, 0.25) is 0 Å². The molecule has 1 fully saturated rings. The molecular formula is C32H53N6O8P. The smallest absolute Gasteiger partial charge is 0.408 e. The second-order valence-electron chi connectivity index (χ2n) is 13.5. The first-order chi connectivity index (χ1) is 21.8. The highest BCUT2D eigenvalue weighted by molar-refractivity contribution is 7.56. The molecule has 1 saturated heterocycles. The molecule has 5 amide bonds. The zero-order valence-corrected chi connectivity index (χ0v) is 29.5. The van der Waals surface area contributed by atoms with E-state index in [1.54, 1.807) is 51.1 Å². The predicted octanol–water partition coefficient (Wildman–Crippen LogP) is 2.39. The van der Waals surface area contributed by atoms with Gasteiger partial charge in [-0.1, -0.05) is 64.4 Å². The number of nitrogens with two attached hydrogens (primary N) is 1. The number of amides is 5. The van der Waals surface area contributed by atoms with Crippen molar-refractivity contribution in [2.75, 3.05) is 13.1 Å². The molecule has 47 heavy (non-hydrogen) atoms. The molecule has 2 rings (SSSR count). The van der Waals surface area contributed by atoms with Crippen molar-refractivity contribution in [3.05, 3.63) is 35.9 Å². The van der Waals surface area contributed by atoms with Gasteiger partial charge in [-0.2, -0.15) is 0 Å². The van der Waals surface area contributed by atoms with Crippen LogP contribution in [0.5, 0.6) is 0 Å². The fraction of sp³-hybridized carbons (Fsp3) is 0.656. The molecule has 1 aliphatic heterocycles. The highest BCUT2D eigenvalue weighted by atomic mass is 31.2. The number of hydrogen-bond acceptors (Lipinski definition) is 7. The van der Waals surface area contributed by atoms with Crippen molar-refractivity contribution in [1.82, 2.24) is 25.9 Å². The lowest BCUT2D eigenvalue weighted by Gasteiger charge is -2.35. The van der Waals surface area contributed by atoms with E-state index in [1.807, 2.05) is 27.7 Å². The lowest BCUT2D eigenvalue weighted by molar-refractivity contribution is -0.132. The number of primary amides is 1. The molecule has 1 aromatic carbocycles. The SMILES string of the molecule is CCC(C)[C@H](NC(=O)[C@@H]1CCCN1P(=O)(O)C(Cc1ccccc1)NC(=O)[C@H](CC(N)=O)NC(=O)OC(C)(C)C)C(=O)NCC(C)C. The van der Waals surface area contributed by atoms with E-state index in [9.17, 15) is 33.4 Å². The monoisotopic (exact) mass is 680 g/mol. The van der Waals surface area contributed by atoms with E-state index in [-0.39, 0.29) is 37.1 Å². The fourth-order valence-corrected chi connectivity index (χ4v) is 7.27. The van der Waals surface area contributed by atoms with E-state index in [0.717, 1.165) is 0 Å². The van der Waals surface area contributed by atoms with Crippen LogP contribution in [0.4, 0.5) is 4.79 Å². The molecule has 7 N–H and O–H groups in total. The second-order valence-corrected chi connectivity index (χ2v) is 15.8. The van der Waals surface area contributed by atoms with Crippen molar-refractivity contribution < 1.29 is 38.2 Å². The summed E-state index contributed by atoms with van der Waals surface area (Å²) in [7, 11) is -4.56. The van der Waals surface area contributed by atoms with Crippen LogP contribution >= 0.6 is 7.52 Å². The van der Waals surface area contributed by atoms with E-state index in [2.05, 4.69) is 21.3 Å². The van der Waals surface area contributed by atoms with Crippen LogP contribution in [0.1, 0.15) is 79.7 Å². The van der Waals surface area contributed by atoms with Gasteiger partial charge in [0.15, 0.2) is 0 Å². The quantitative estimate of drug-likeness (QED) is 0.141. The molecule has 1 aliphatic rings. The van der Waals surface area contributed by atoms with Crippen molar-refractivity contribution in [1.29, 1.82) is 0 Å². The summed E-state index contributed by atoms with van der Waals surface area (Å²) in [6.45, 7) is 13.1. The Bertz CT molecular complexity index is 1290. The molecule has 1 heterocycles. The van der Waals surface area contributed by atoms with Crippen molar-refractivity contribution in [3.8, 4) is 0 Å². The average Bonchev–Trinajstić information content (AvgIpc) is 3.48. The fourth-order valence-electron chi connectivity index (χ4n) is 5.12. The summed E-state index contributed by atoms with van der Waals surface area (Å²) in [6.07, 6.45) is -0.380. The minimum absolute atomic E-state index is 0.0848. The number of carbonyl (C=O) groups excluding carboxylic acids is 5. The molecule has 264 valence electrons. The first-order valence-electron chi connectivity index (χ1n) is 16.1. The Morgan fingerprint density at radius 3 is 2.23 bits per heavy atom. The first-order valence-corrected chi connectivity index (χ1v) is 17.8. The van der Waals surface area contributed by atoms with Gasteiger partial charge in [0.1, 0.15) is 23.5 Å². The second kappa shape index (κ2) is 17.6. The molecule has 6 atom stereocenters. The molecule has 3 unspecified atom stereocenters. The third kappa shape index (κ3) is 12.6. The standard InChI is InChI=1S/C32H53N6O8P/c1-8-21(4)27(30(42)34-19-20(2)3)37-29(41)24-15-12-16-38(24)47(44,45)26(17-22-13-10-9-11-14-22)36-28(40)23(18-25(33)39)35-31(43)46-32(5,6)7/h9-11,13-14,20-21,23-24,26-27H,8,12,15-19H2,1-7H3,(H2,33,39)(H,34,42)(H,35,43)(H,36,40)(H,37,41)(H,44,45)/t21?,23-,24-,26?,27-/m0/s1. The summed E-state index contributed by atoms with van der Waals surface area (Å²) in [5, 5.41) is 10.6. The molecule has 0 bridgehead atoms. The predicted molar refractivity (Wildman–Crippen MR) is 178 cm³/mol. The lowest BCUT2D eigenvalue weighted by atomic mass is 9.97. The van der Waals surface area contributed by atoms with Gasteiger partial charge in [0.2, 0.25) is 23.6 Å². The first kappa shape index (κ1) is 39.7. The molecular weight excluding hydrogens is 627 g/mol. The van der Waals surface area contributed by atoms with Crippen LogP contribution in [0, 0.1) is 11.8 Å². The summed E-state index contributed by atoms with van der Waals surface area (Å²) in [5.74, 6) is -4.15. The number of benzene rings is 1. The van der Waals surface area contributed by atoms with E-state index in [1.165, 1.54) is 4.67 Å². The van der Waals surface area contributed by atoms with Gasteiger partial charge in [-0.05, 0) is 51.0 Å². The zero-order chi connectivity index (χ0) is 35.5. The largest absolute Gasteiger partial charge is 0.444 e. The Morgan fingerprint density at radius 1 is 1.04 bits per heavy atom. The average molecular weight is 681 g/mol. The summed E-state index contributed by atoms with van der Waals surface area (Å²) >= 11 is 0. The van der Waals surface area contributed by atoms with Crippen LogP contribution in [-0.2, 0) is 34.9 Å². The summed E-state index contributed by atoms with van der Waals surface area (Å²) in [4.78, 5) is 76.3. The number of alkyl carbamates (subject to hydrolysis) is 1. The van der Waals surface area contributed by atoms with Gasteiger partial charge in [-0.15, -0.1) is 0 Å². The number of ether oxygens (including phenoxy) is 1. The molecule has 0 saturated carbocycles. The summed E-state index contributed by atoms with van der Waals surface area (Å²) < 4.78 is 20.8. The molecule has 0 radical (unpaired) electrons. The molecule has 1 aromatic rings. The number of nitrogens with zero attached hydrogens (tertiary/aromatic N) is 1. The van der Waals surface area contributed by atoms with E-state index >= 15 is 0 Å². The topological polar surface area (TPSA) is 209 Å². The van der Waals surface area contributed by atoms with Crippen molar-refractivity contribution in [2.24, 2.45) is 17.6 Å². The van der Waals surface area contributed by atoms with Gasteiger partial charge in [-0.25, -0.2) is 9.46 Å². The van der Waals surface area contributed by atoms with Gasteiger partial charge in [0.05, 0.1) is 12.5 Å². The van der Waals surface area contributed by atoms with E-state index in [0.29, 0.717) is 24.9 Å². The highest BCUT2D eigenvalue weighted by Gasteiger charge is 2.47. The normalized spacial score (nSPS) is 19.0.